The van der Waals surface area contributed by atoms with E-state index >= 15 is 0 Å². The van der Waals surface area contributed by atoms with Crippen LogP contribution in [0.2, 0.25) is 0 Å². The number of aliphatic imine (C=N–C) groups is 1. The summed E-state index contributed by atoms with van der Waals surface area (Å²) in [5.74, 6) is 0.664. The predicted molar refractivity (Wildman–Crippen MR) is 60.8 cm³/mol. The van der Waals surface area contributed by atoms with Crippen LogP contribution in [-0.2, 0) is 4.84 Å². The Balaban J connectivity index is 2.42. The third-order valence-electron chi connectivity index (χ3n) is 1.70. The quantitative estimate of drug-likeness (QED) is 0.443. The molecular weight excluding hydrogens is 222 g/mol. The fraction of sp³-hybridized carbons (Fsp3) is 0.333. The van der Waals surface area contributed by atoms with Crippen molar-refractivity contribution in [3.8, 4) is 0 Å². The van der Waals surface area contributed by atoms with Crippen molar-refractivity contribution in [1.29, 1.82) is 0 Å². The van der Waals surface area contributed by atoms with Gasteiger partial charge in [0.15, 0.2) is 0 Å². The lowest BCUT2D eigenvalue weighted by atomic mass is 10.5. The molecule has 1 aliphatic heterocycles. The summed E-state index contributed by atoms with van der Waals surface area (Å²) in [6.07, 6.45) is 2.92. The van der Waals surface area contributed by atoms with E-state index in [4.69, 9.17) is 0 Å². The number of hydrogen-bond donors (Lipinski definition) is 1. The lowest BCUT2D eigenvalue weighted by Gasteiger charge is -2.10. The van der Waals surface area contributed by atoms with Crippen molar-refractivity contribution in [2.75, 3.05) is 12.9 Å². The Hall–Kier alpha value is -1.17. The van der Waals surface area contributed by atoms with Gasteiger partial charge in [-0.15, -0.1) is 0 Å². The van der Waals surface area contributed by atoms with E-state index in [0.29, 0.717) is 12.2 Å². The van der Waals surface area contributed by atoms with E-state index in [2.05, 4.69) is 15.0 Å². The Bertz CT molecular complexity index is 322. The number of nitrogens with zero attached hydrogens (tertiary/aromatic N) is 2. The summed E-state index contributed by atoms with van der Waals surface area (Å²) in [7, 11) is 0.866. The fourth-order valence-electron chi connectivity index (χ4n) is 1.04. The highest BCUT2D eigenvalue weighted by molar-refractivity contribution is 8.32. The Morgan fingerprint density at radius 1 is 1.67 bits per heavy atom. The van der Waals surface area contributed by atoms with E-state index in [-0.39, 0.29) is 0 Å². The van der Waals surface area contributed by atoms with Gasteiger partial charge in [0.1, 0.15) is 7.11 Å². The number of thiol groups is 1. The van der Waals surface area contributed by atoms with Crippen LogP contribution in [0.25, 0.3) is 0 Å². The van der Waals surface area contributed by atoms with Gasteiger partial charge in [0.05, 0.1) is 6.21 Å². The Labute approximate surface area is 89.6 Å². The Kier molecular flexibility index (Phi) is 5.03. The van der Waals surface area contributed by atoms with Gasteiger partial charge in [-0.05, 0) is 18.2 Å². The molecule has 0 spiro atoms. The van der Waals surface area contributed by atoms with Crippen LogP contribution in [0.4, 0.5) is 8.78 Å². The van der Waals surface area contributed by atoms with Gasteiger partial charge in [-0.2, -0.15) is 19.7 Å². The number of allylic oxidation sites excluding steroid dienone is 2. The molecule has 0 fully saturated rings. The maximum atomic E-state index is 11.8. The molecule has 1 heterocycles. The highest BCUT2D eigenvalue weighted by atomic mass is 32.2. The molecule has 3 nitrogen and oxygen atoms in total. The van der Waals surface area contributed by atoms with Crippen molar-refractivity contribution in [3.05, 3.63) is 23.3 Å². The van der Waals surface area contributed by atoms with Crippen LogP contribution in [0.15, 0.2) is 33.4 Å². The molecule has 1 unspecified atom stereocenters. The topological polar surface area (TPSA) is 34.0 Å². The van der Waals surface area contributed by atoms with Crippen molar-refractivity contribution in [2.24, 2.45) is 10.1 Å². The van der Waals surface area contributed by atoms with Crippen molar-refractivity contribution in [1.82, 2.24) is 0 Å². The van der Waals surface area contributed by atoms with E-state index in [0.717, 1.165) is 11.0 Å². The predicted octanol–water partition coefficient (Wildman–Crippen LogP) is 2.67. The molecule has 15 heavy (non-hydrogen) atoms. The van der Waals surface area contributed by atoms with Crippen LogP contribution in [-0.4, -0.2) is 24.6 Å². The average Bonchev–Trinajstić information content (AvgIpc) is 2.62. The maximum Gasteiger partial charge on any atom is 0.266 e. The second kappa shape index (κ2) is 6.34. The van der Waals surface area contributed by atoms with Crippen LogP contribution in [0.5, 0.6) is 0 Å². The van der Waals surface area contributed by atoms with Crippen molar-refractivity contribution < 1.29 is 13.6 Å². The molecule has 0 N–H and O–H groups in total. The minimum absolute atomic E-state index is 0.359. The number of rotatable bonds is 5. The molecule has 84 valence electrons. The lowest BCUT2D eigenvalue weighted by molar-refractivity contribution is 0.215. The van der Waals surface area contributed by atoms with Crippen molar-refractivity contribution >= 4 is 22.7 Å². The second-order valence-corrected chi connectivity index (χ2v) is 4.85. The van der Waals surface area contributed by atoms with Gasteiger partial charge in [0.2, 0.25) is 0 Å². The van der Waals surface area contributed by atoms with Crippen LogP contribution in [0, 0.1) is 0 Å². The summed E-state index contributed by atoms with van der Waals surface area (Å²) < 4.78 is 23.6. The first-order valence-corrected chi connectivity index (χ1v) is 5.91. The number of hydrogen-bond acceptors (Lipinski definition) is 3. The number of oxime groups is 1. The first-order valence-electron chi connectivity index (χ1n) is 4.32. The summed E-state index contributed by atoms with van der Waals surface area (Å²) in [6.45, 7) is 0. The molecule has 0 saturated carbocycles. The SMILES string of the molecule is CO/N=C\C1=CN=C[SH]1CCC=C(F)F. The molecule has 0 amide bonds. The normalized spacial score (nSPS) is 21.8. The van der Waals surface area contributed by atoms with Gasteiger partial charge >= 0.3 is 0 Å². The summed E-state index contributed by atoms with van der Waals surface area (Å²) in [5.41, 5.74) is 1.79. The molecule has 1 rings (SSSR count). The van der Waals surface area contributed by atoms with E-state index < -0.39 is 17.0 Å². The summed E-state index contributed by atoms with van der Waals surface area (Å²) in [4.78, 5) is 9.47. The van der Waals surface area contributed by atoms with Crippen LogP contribution in [0.3, 0.4) is 0 Å². The van der Waals surface area contributed by atoms with Gasteiger partial charge in [0, 0.05) is 16.7 Å². The van der Waals surface area contributed by atoms with E-state index in [1.165, 1.54) is 7.11 Å². The first kappa shape index (κ1) is 11.9. The third kappa shape index (κ3) is 4.24. The largest absolute Gasteiger partial charge is 0.399 e. The van der Waals surface area contributed by atoms with Crippen LogP contribution < -0.4 is 0 Å². The smallest absolute Gasteiger partial charge is 0.266 e. The molecule has 0 bridgehead atoms. The second-order valence-electron chi connectivity index (χ2n) is 2.71. The third-order valence-corrected chi connectivity index (χ3v) is 3.75. The molecule has 6 heteroatoms. The standard InChI is InChI=1S/C9H12F2N2OS/c1-14-13-6-8-5-12-7-15(8)4-2-3-9(10)11/h3,5-7,15H,2,4H2,1H3/b13-6-. The zero-order valence-corrected chi connectivity index (χ0v) is 9.12. The fourth-order valence-corrected chi connectivity index (χ4v) is 2.60. The van der Waals surface area contributed by atoms with E-state index in [1.807, 2.05) is 0 Å². The lowest BCUT2D eigenvalue weighted by Crippen LogP contribution is -1.91. The Morgan fingerprint density at radius 3 is 3.13 bits per heavy atom. The molecule has 0 saturated heterocycles. The highest BCUT2D eigenvalue weighted by Gasteiger charge is 2.09. The zero-order valence-electron chi connectivity index (χ0n) is 8.23. The molecule has 0 radical (unpaired) electrons. The van der Waals surface area contributed by atoms with Crippen LogP contribution >= 0.6 is 10.9 Å². The Morgan fingerprint density at radius 2 is 2.47 bits per heavy atom. The molecule has 1 aliphatic rings. The minimum Gasteiger partial charge on any atom is -0.399 e. The minimum atomic E-state index is -1.63. The molecule has 0 aromatic carbocycles. The van der Waals surface area contributed by atoms with Gasteiger partial charge < -0.3 is 4.84 Å². The van der Waals surface area contributed by atoms with Gasteiger partial charge in [0.25, 0.3) is 6.08 Å². The first-order chi connectivity index (χ1) is 7.24. The molecule has 1 atom stereocenters. The summed E-state index contributed by atoms with van der Waals surface area (Å²) in [5, 5.41) is 3.63. The van der Waals surface area contributed by atoms with Gasteiger partial charge in [-0.1, -0.05) is 5.16 Å². The zero-order chi connectivity index (χ0) is 11.1. The maximum absolute atomic E-state index is 11.8. The highest BCUT2D eigenvalue weighted by Crippen LogP contribution is 2.36. The van der Waals surface area contributed by atoms with Crippen molar-refractivity contribution in [3.63, 3.8) is 0 Å². The van der Waals surface area contributed by atoms with Gasteiger partial charge in [-0.3, -0.25) is 4.99 Å². The van der Waals surface area contributed by atoms with E-state index in [9.17, 15) is 8.78 Å². The molecule has 0 aliphatic carbocycles. The summed E-state index contributed by atoms with van der Waals surface area (Å²) >= 11 is 0. The number of halogens is 2. The summed E-state index contributed by atoms with van der Waals surface area (Å²) in [6, 6.07) is 0. The molecular formula is C9H12F2N2OS. The molecule has 0 aromatic heterocycles. The monoisotopic (exact) mass is 234 g/mol. The van der Waals surface area contributed by atoms with Gasteiger partial charge in [-0.25, -0.2) is 0 Å². The average molecular weight is 234 g/mol. The van der Waals surface area contributed by atoms with E-state index in [1.54, 1.807) is 18.0 Å². The van der Waals surface area contributed by atoms with Crippen LogP contribution in [0.1, 0.15) is 6.42 Å². The van der Waals surface area contributed by atoms with Crippen molar-refractivity contribution in [2.45, 2.75) is 6.42 Å². The molecule has 0 aromatic rings.